The molecule has 1 aliphatic rings. The summed E-state index contributed by atoms with van der Waals surface area (Å²) < 4.78 is 63.1. The van der Waals surface area contributed by atoms with Gasteiger partial charge in [-0.1, -0.05) is 55.8 Å². The van der Waals surface area contributed by atoms with Crippen LogP contribution in [0.1, 0.15) is 25.5 Å². The molecule has 0 saturated heterocycles. The van der Waals surface area contributed by atoms with E-state index in [2.05, 4.69) is 0 Å². The standard InChI is InChI=1S/C23H18ClF4NO3/c1-22(2)15(11-19(24)23(26,27)28)20(22)21(30)32-18(12-29)13-8-9-16(25)17(10-13)31-14-6-4-3-5-7-14/h3-11,15,18,20H,1-2H3. The Morgan fingerprint density at radius 3 is 2.47 bits per heavy atom. The molecule has 0 spiro atoms. The number of esters is 1. The Balaban J connectivity index is 1.76. The van der Waals surface area contributed by atoms with Gasteiger partial charge in [0.25, 0.3) is 0 Å². The van der Waals surface area contributed by atoms with Gasteiger partial charge in [0.15, 0.2) is 11.6 Å². The minimum atomic E-state index is -4.72. The summed E-state index contributed by atoms with van der Waals surface area (Å²) in [5, 5.41) is 8.17. The maximum absolute atomic E-state index is 14.2. The minimum Gasteiger partial charge on any atom is -0.454 e. The summed E-state index contributed by atoms with van der Waals surface area (Å²) in [4.78, 5) is 12.6. The lowest BCUT2D eigenvalue weighted by atomic mass is 10.1. The third-order valence-corrected chi connectivity index (χ3v) is 5.68. The molecule has 1 aliphatic carbocycles. The number of rotatable bonds is 6. The predicted molar refractivity (Wildman–Crippen MR) is 108 cm³/mol. The fourth-order valence-corrected chi connectivity index (χ4v) is 3.56. The number of para-hydroxylation sites is 1. The number of allylic oxidation sites excluding steroid dienone is 2. The van der Waals surface area contributed by atoms with E-state index in [1.54, 1.807) is 44.2 Å². The molecule has 0 N–H and O–H groups in total. The van der Waals surface area contributed by atoms with Gasteiger partial charge >= 0.3 is 12.1 Å². The van der Waals surface area contributed by atoms with Crippen molar-refractivity contribution in [2.24, 2.45) is 17.3 Å². The summed E-state index contributed by atoms with van der Waals surface area (Å²) >= 11 is 5.30. The monoisotopic (exact) mass is 467 g/mol. The number of carbonyl (C=O) groups is 1. The van der Waals surface area contributed by atoms with Crippen molar-refractivity contribution in [2.75, 3.05) is 0 Å². The molecule has 0 bridgehead atoms. The van der Waals surface area contributed by atoms with Gasteiger partial charge in [0, 0.05) is 5.56 Å². The van der Waals surface area contributed by atoms with Crippen molar-refractivity contribution in [3.05, 3.63) is 71.0 Å². The molecular weight excluding hydrogens is 450 g/mol. The van der Waals surface area contributed by atoms with Gasteiger partial charge in [0.05, 0.1) is 5.92 Å². The normalized spacial score (nSPS) is 20.8. The molecule has 0 aliphatic heterocycles. The van der Waals surface area contributed by atoms with Gasteiger partial charge < -0.3 is 9.47 Å². The SMILES string of the molecule is CC1(C)C(C=C(Cl)C(F)(F)F)C1C(=O)OC(C#N)c1ccc(F)c(Oc2ccccc2)c1. The molecule has 0 amide bonds. The number of ether oxygens (including phenoxy) is 2. The van der Waals surface area contributed by atoms with Crippen LogP contribution in [0.5, 0.6) is 11.5 Å². The van der Waals surface area contributed by atoms with E-state index in [0.29, 0.717) is 5.75 Å². The van der Waals surface area contributed by atoms with Crippen LogP contribution >= 0.6 is 11.6 Å². The number of halogens is 5. The second-order valence-electron chi connectivity index (χ2n) is 7.89. The van der Waals surface area contributed by atoms with Crippen molar-refractivity contribution >= 4 is 17.6 Å². The van der Waals surface area contributed by atoms with Gasteiger partial charge in [0.2, 0.25) is 6.10 Å². The molecule has 32 heavy (non-hydrogen) atoms. The molecule has 0 aromatic heterocycles. The van der Waals surface area contributed by atoms with Crippen molar-refractivity contribution in [3.63, 3.8) is 0 Å². The molecule has 3 rings (SSSR count). The van der Waals surface area contributed by atoms with Crippen LogP contribution < -0.4 is 4.74 Å². The highest BCUT2D eigenvalue weighted by molar-refractivity contribution is 6.30. The van der Waals surface area contributed by atoms with E-state index < -0.39 is 46.3 Å². The summed E-state index contributed by atoms with van der Waals surface area (Å²) in [6.45, 7) is 3.21. The topological polar surface area (TPSA) is 59.3 Å². The highest BCUT2D eigenvalue weighted by Crippen LogP contribution is 2.60. The van der Waals surface area contributed by atoms with Crippen molar-refractivity contribution < 1.29 is 31.8 Å². The smallest absolute Gasteiger partial charge is 0.426 e. The van der Waals surface area contributed by atoms with Crippen LogP contribution in [-0.2, 0) is 9.53 Å². The summed E-state index contributed by atoms with van der Waals surface area (Å²) in [5.74, 6) is -3.04. The largest absolute Gasteiger partial charge is 0.454 e. The third-order valence-electron chi connectivity index (χ3n) is 5.34. The summed E-state index contributed by atoms with van der Waals surface area (Å²) in [5.41, 5.74) is -0.667. The molecule has 168 valence electrons. The Hall–Kier alpha value is -3.05. The van der Waals surface area contributed by atoms with E-state index in [4.69, 9.17) is 21.1 Å². The van der Waals surface area contributed by atoms with E-state index >= 15 is 0 Å². The van der Waals surface area contributed by atoms with Gasteiger partial charge in [-0.25, -0.2) is 4.39 Å². The number of carbonyl (C=O) groups excluding carboxylic acids is 1. The van der Waals surface area contributed by atoms with E-state index in [0.717, 1.165) is 12.1 Å². The lowest BCUT2D eigenvalue weighted by molar-refractivity contribution is -0.149. The highest BCUT2D eigenvalue weighted by Gasteiger charge is 2.62. The van der Waals surface area contributed by atoms with Crippen LogP contribution in [0.15, 0.2) is 59.6 Å². The number of hydrogen-bond acceptors (Lipinski definition) is 4. The third kappa shape index (κ3) is 5.05. The molecule has 0 heterocycles. The van der Waals surface area contributed by atoms with Crippen LogP contribution in [0, 0.1) is 34.4 Å². The quantitative estimate of drug-likeness (QED) is 0.351. The molecule has 1 saturated carbocycles. The van der Waals surface area contributed by atoms with Crippen LogP contribution in [0.25, 0.3) is 0 Å². The highest BCUT2D eigenvalue weighted by atomic mass is 35.5. The van der Waals surface area contributed by atoms with Gasteiger partial charge in [-0.2, -0.15) is 18.4 Å². The second-order valence-corrected chi connectivity index (χ2v) is 8.30. The molecule has 4 nitrogen and oxygen atoms in total. The predicted octanol–water partition coefficient (Wildman–Crippen LogP) is 6.68. The van der Waals surface area contributed by atoms with Crippen LogP contribution in [-0.4, -0.2) is 12.1 Å². The van der Waals surface area contributed by atoms with E-state index in [-0.39, 0.29) is 11.3 Å². The van der Waals surface area contributed by atoms with Crippen molar-refractivity contribution in [1.29, 1.82) is 5.26 Å². The van der Waals surface area contributed by atoms with E-state index in [1.165, 1.54) is 12.1 Å². The Morgan fingerprint density at radius 2 is 1.88 bits per heavy atom. The fraction of sp³-hybridized carbons (Fsp3) is 0.304. The first kappa shape index (κ1) is 23.6. The summed E-state index contributed by atoms with van der Waals surface area (Å²) in [7, 11) is 0. The molecule has 3 atom stereocenters. The number of alkyl halides is 3. The lowest BCUT2D eigenvalue weighted by Crippen LogP contribution is -2.15. The maximum atomic E-state index is 14.2. The van der Waals surface area contributed by atoms with Gasteiger partial charge in [-0.05, 0) is 35.6 Å². The molecule has 2 aromatic carbocycles. The van der Waals surface area contributed by atoms with Crippen molar-refractivity contribution in [3.8, 4) is 17.6 Å². The molecular formula is C23H18ClF4NO3. The Labute approximate surface area is 187 Å². The zero-order chi connectivity index (χ0) is 23.7. The Bertz CT molecular complexity index is 1080. The number of hydrogen-bond donors (Lipinski definition) is 0. The van der Waals surface area contributed by atoms with Crippen molar-refractivity contribution in [1.82, 2.24) is 0 Å². The average molecular weight is 468 g/mol. The first-order valence-electron chi connectivity index (χ1n) is 9.52. The first-order valence-corrected chi connectivity index (χ1v) is 9.90. The zero-order valence-corrected chi connectivity index (χ0v) is 17.7. The number of nitrogens with zero attached hydrogens (tertiary/aromatic N) is 1. The van der Waals surface area contributed by atoms with Crippen LogP contribution in [0.3, 0.4) is 0 Å². The fourth-order valence-electron chi connectivity index (χ4n) is 3.43. The second kappa shape index (κ2) is 8.83. The van der Waals surface area contributed by atoms with Gasteiger partial charge in [0.1, 0.15) is 16.9 Å². The van der Waals surface area contributed by atoms with Gasteiger partial charge in [-0.15, -0.1) is 0 Å². The maximum Gasteiger partial charge on any atom is 0.426 e. The van der Waals surface area contributed by atoms with Gasteiger partial charge in [-0.3, -0.25) is 4.79 Å². The van der Waals surface area contributed by atoms with E-state index in [1.807, 2.05) is 6.07 Å². The molecule has 2 aromatic rings. The number of benzene rings is 2. The van der Waals surface area contributed by atoms with Crippen molar-refractivity contribution in [2.45, 2.75) is 26.1 Å². The molecule has 9 heteroatoms. The first-order chi connectivity index (χ1) is 14.9. The Kier molecular flexibility index (Phi) is 6.51. The van der Waals surface area contributed by atoms with Crippen LogP contribution in [0.4, 0.5) is 17.6 Å². The summed E-state index contributed by atoms with van der Waals surface area (Å²) in [6.07, 6.45) is -5.33. The molecule has 1 fully saturated rings. The zero-order valence-electron chi connectivity index (χ0n) is 17.0. The number of nitriles is 1. The Morgan fingerprint density at radius 1 is 1.22 bits per heavy atom. The van der Waals surface area contributed by atoms with E-state index in [9.17, 15) is 27.6 Å². The van der Waals surface area contributed by atoms with Crippen LogP contribution in [0.2, 0.25) is 0 Å². The molecule has 0 radical (unpaired) electrons. The minimum absolute atomic E-state index is 0.159. The summed E-state index contributed by atoms with van der Waals surface area (Å²) in [6, 6.07) is 13.8. The lowest BCUT2D eigenvalue weighted by Gasteiger charge is -2.14. The average Bonchev–Trinajstić information content (AvgIpc) is 3.27. The molecule has 3 unspecified atom stereocenters.